The highest BCUT2D eigenvalue weighted by molar-refractivity contribution is 7.99. The minimum absolute atomic E-state index is 0.0499. The van der Waals surface area contributed by atoms with Crippen LogP contribution in [0.5, 0.6) is 0 Å². The molecule has 0 radical (unpaired) electrons. The van der Waals surface area contributed by atoms with Crippen LogP contribution in [-0.2, 0) is 25.5 Å². The van der Waals surface area contributed by atoms with Gasteiger partial charge in [0, 0.05) is 6.07 Å². The van der Waals surface area contributed by atoms with Gasteiger partial charge in [-0.3, -0.25) is 14.4 Å². The summed E-state index contributed by atoms with van der Waals surface area (Å²) in [5.41, 5.74) is -0.0850. The first kappa shape index (κ1) is 17.2. The summed E-state index contributed by atoms with van der Waals surface area (Å²) < 4.78 is 9.51. The molecular formula is C13H18N2O5S. The first-order chi connectivity index (χ1) is 10.0. The number of hydrogen-bond acceptors (Lipinski definition) is 7. The number of esters is 2. The van der Waals surface area contributed by atoms with Crippen molar-refractivity contribution in [2.75, 3.05) is 19.5 Å². The highest BCUT2D eigenvalue weighted by atomic mass is 32.2. The lowest BCUT2D eigenvalue weighted by atomic mass is 10.3. The van der Waals surface area contributed by atoms with Crippen LogP contribution in [0.3, 0.4) is 0 Å². The number of H-pyrrole nitrogens is 1. The van der Waals surface area contributed by atoms with Crippen molar-refractivity contribution in [2.24, 2.45) is 0 Å². The van der Waals surface area contributed by atoms with E-state index in [0.29, 0.717) is 12.3 Å². The molecule has 0 aromatic carbocycles. The van der Waals surface area contributed by atoms with Crippen molar-refractivity contribution in [3.05, 3.63) is 22.1 Å². The largest absolute Gasteiger partial charge is 0.469 e. The maximum absolute atomic E-state index is 11.5. The van der Waals surface area contributed by atoms with Gasteiger partial charge in [0.2, 0.25) is 0 Å². The van der Waals surface area contributed by atoms with Gasteiger partial charge in [-0.2, -0.15) is 0 Å². The van der Waals surface area contributed by atoms with Crippen LogP contribution in [0.25, 0.3) is 0 Å². The Morgan fingerprint density at radius 3 is 2.81 bits per heavy atom. The molecule has 1 rings (SSSR count). The Balaban J connectivity index is 2.56. The Labute approximate surface area is 126 Å². The van der Waals surface area contributed by atoms with E-state index in [4.69, 9.17) is 4.74 Å². The predicted molar refractivity (Wildman–Crippen MR) is 77.2 cm³/mol. The van der Waals surface area contributed by atoms with Crippen molar-refractivity contribution in [2.45, 2.75) is 31.3 Å². The van der Waals surface area contributed by atoms with E-state index in [1.807, 2.05) is 6.92 Å². The number of ether oxygens (including phenoxy) is 2. The molecule has 0 saturated heterocycles. The first-order valence-corrected chi connectivity index (χ1v) is 7.49. The van der Waals surface area contributed by atoms with Crippen LogP contribution in [0.1, 0.15) is 25.5 Å². The van der Waals surface area contributed by atoms with Crippen molar-refractivity contribution in [1.82, 2.24) is 9.97 Å². The Hall–Kier alpha value is -1.83. The Morgan fingerprint density at radius 2 is 2.14 bits per heavy atom. The van der Waals surface area contributed by atoms with E-state index in [1.165, 1.54) is 13.2 Å². The lowest BCUT2D eigenvalue weighted by Crippen LogP contribution is -2.15. The van der Waals surface area contributed by atoms with E-state index in [1.54, 1.807) is 0 Å². The van der Waals surface area contributed by atoms with Gasteiger partial charge in [0.25, 0.3) is 5.56 Å². The van der Waals surface area contributed by atoms with Crippen LogP contribution in [-0.4, -0.2) is 41.4 Å². The zero-order valence-corrected chi connectivity index (χ0v) is 12.8. The van der Waals surface area contributed by atoms with Crippen LogP contribution in [0.2, 0.25) is 0 Å². The van der Waals surface area contributed by atoms with E-state index in [9.17, 15) is 14.4 Å². The fourth-order valence-corrected chi connectivity index (χ4v) is 2.05. The lowest BCUT2D eigenvalue weighted by Gasteiger charge is -2.04. The van der Waals surface area contributed by atoms with E-state index in [0.717, 1.165) is 24.6 Å². The summed E-state index contributed by atoms with van der Waals surface area (Å²) in [6.45, 7) is 2.40. The molecule has 1 aromatic rings. The number of nitrogens with zero attached hydrogens (tertiary/aromatic N) is 1. The quantitative estimate of drug-likeness (QED) is 0.330. The van der Waals surface area contributed by atoms with Gasteiger partial charge in [-0.25, -0.2) is 4.98 Å². The topological polar surface area (TPSA) is 98.3 Å². The standard InChI is InChI=1S/C13H18N2O5S/c1-3-4-5-20-12(18)8-21-13-14-9(6-10(16)15-13)7-11(17)19-2/h6H,3-5,7-8H2,1-2H3,(H,14,15,16). The van der Waals surface area contributed by atoms with Gasteiger partial charge < -0.3 is 14.5 Å². The highest BCUT2D eigenvalue weighted by Crippen LogP contribution is 2.12. The van der Waals surface area contributed by atoms with Crippen molar-refractivity contribution < 1.29 is 19.1 Å². The van der Waals surface area contributed by atoms with E-state index >= 15 is 0 Å². The fourth-order valence-electron chi connectivity index (χ4n) is 1.36. The summed E-state index contributed by atoms with van der Waals surface area (Å²) in [5.74, 6) is -0.800. The molecule has 8 heteroatoms. The highest BCUT2D eigenvalue weighted by Gasteiger charge is 2.10. The summed E-state index contributed by atoms with van der Waals surface area (Å²) in [4.78, 5) is 40.7. The van der Waals surface area contributed by atoms with E-state index < -0.39 is 5.97 Å². The zero-order valence-electron chi connectivity index (χ0n) is 12.0. The molecule has 21 heavy (non-hydrogen) atoms. The summed E-state index contributed by atoms with van der Waals surface area (Å²) in [7, 11) is 1.26. The van der Waals surface area contributed by atoms with Crippen molar-refractivity contribution >= 4 is 23.7 Å². The SMILES string of the molecule is CCCCOC(=O)CSc1nc(CC(=O)OC)cc(=O)[nH]1. The van der Waals surface area contributed by atoms with Gasteiger partial charge in [-0.15, -0.1) is 0 Å². The van der Waals surface area contributed by atoms with Crippen LogP contribution < -0.4 is 5.56 Å². The zero-order chi connectivity index (χ0) is 15.7. The van der Waals surface area contributed by atoms with Crippen LogP contribution in [0.4, 0.5) is 0 Å². The molecule has 0 atom stereocenters. The number of carbonyl (C=O) groups excluding carboxylic acids is 2. The lowest BCUT2D eigenvalue weighted by molar-refractivity contribution is -0.141. The molecule has 0 bridgehead atoms. The average Bonchev–Trinajstić information content (AvgIpc) is 2.44. The Bertz CT molecular complexity index is 544. The second kappa shape index (κ2) is 9.17. The Morgan fingerprint density at radius 1 is 1.38 bits per heavy atom. The molecule has 0 saturated carbocycles. The molecule has 1 aromatic heterocycles. The molecule has 1 heterocycles. The predicted octanol–water partition coefficient (Wildman–Crippen LogP) is 0.921. The second-order valence-electron chi connectivity index (χ2n) is 4.16. The first-order valence-electron chi connectivity index (χ1n) is 6.50. The van der Waals surface area contributed by atoms with Gasteiger partial charge >= 0.3 is 11.9 Å². The van der Waals surface area contributed by atoms with Gasteiger partial charge in [0.1, 0.15) is 0 Å². The maximum atomic E-state index is 11.5. The summed E-state index contributed by atoms with van der Waals surface area (Å²) in [5, 5.41) is 0.272. The van der Waals surface area contributed by atoms with Crippen LogP contribution >= 0.6 is 11.8 Å². The van der Waals surface area contributed by atoms with Crippen molar-refractivity contribution in [1.29, 1.82) is 0 Å². The van der Waals surface area contributed by atoms with Crippen molar-refractivity contribution in [3.63, 3.8) is 0 Å². The molecule has 0 unspecified atom stereocenters. The molecule has 0 amide bonds. The second-order valence-corrected chi connectivity index (χ2v) is 5.12. The third-order valence-corrected chi connectivity index (χ3v) is 3.26. The number of thioether (sulfide) groups is 1. The molecule has 0 fully saturated rings. The smallest absolute Gasteiger partial charge is 0.316 e. The van der Waals surface area contributed by atoms with Gasteiger partial charge in [-0.05, 0) is 6.42 Å². The number of hydrogen-bond donors (Lipinski definition) is 1. The van der Waals surface area contributed by atoms with Crippen molar-refractivity contribution in [3.8, 4) is 0 Å². The number of methoxy groups -OCH3 is 1. The van der Waals surface area contributed by atoms with Gasteiger partial charge in [0.15, 0.2) is 5.16 Å². The van der Waals surface area contributed by atoms with E-state index in [-0.39, 0.29) is 28.9 Å². The van der Waals surface area contributed by atoms with Crippen LogP contribution in [0, 0.1) is 0 Å². The number of unbranched alkanes of at least 4 members (excludes halogenated alkanes) is 1. The summed E-state index contributed by atoms with van der Waals surface area (Å²) >= 11 is 1.06. The maximum Gasteiger partial charge on any atom is 0.316 e. The molecule has 1 N–H and O–H groups in total. The third kappa shape index (κ3) is 6.94. The van der Waals surface area contributed by atoms with Gasteiger partial charge in [-0.1, -0.05) is 25.1 Å². The van der Waals surface area contributed by atoms with E-state index in [2.05, 4.69) is 14.7 Å². The number of aromatic nitrogens is 2. The summed E-state index contributed by atoms with van der Waals surface area (Å²) in [6.07, 6.45) is 1.68. The number of rotatable bonds is 8. The minimum Gasteiger partial charge on any atom is -0.469 e. The number of nitrogens with one attached hydrogen (secondary N) is 1. The molecule has 0 aliphatic carbocycles. The molecule has 116 valence electrons. The fraction of sp³-hybridized carbons (Fsp3) is 0.538. The normalized spacial score (nSPS) is 10.2. The monoisotopic (exact) mass is 314 g/mol. The minimum atomic E-state index is -0.483. The average molecular weight is 314 g/mol. The molecular weight excluding hydrogens is 296 g/mol. The Kier molecular flexibility index (Phi) is 7.52. The molecule has 0 aliphatic heterocycles. The molecule has 0 aliphatic rings. The van der Waals surface area contributed by atoms with Gasteiger partial charge in [0.05, 0.1) is 31.6 Å². The number of aromatic amines is 1. The van der Waals surface area contributed by atoms with Crippen LogP contribution in [0.15, 0.2) is 16.0 Å². The molecule has 7 nitrogen and oxygen atoms in total. The number of carbonyl (C=O) groups is 2. The summed E-state index contributed by atoms with van der Waals surface area (Å²) in [6, 6.07) is 1.22. The third-order valence-electron chi connectivity index (χ3n) is 2.41. The molecule has 0 spiro atoms.